The zero-order valence-electron chi connectivity index (χ0n) is 19.4. The van der Waals surface area contributed by atoms with Gasteiger partial charge in [-0.15, -0.1) is 11.3 Å². The van der Waals surface area contributed by atoms with E-state index in [4.69, 9.17) is 10.7 Å². The van der Waals surface area contributed by atoms with Crippen molar-refractivity contribution in [1.29, 1.82) is 0 Å². The van der Waals surface area contributed by atoms with Crippen LogP contribution in [0.15, 0.2) is 34.2 Å². The first-order valence-electron chi connectivity index (χ1n) is 10.7. The number of hydrogen-bond donors (Lipinski definition) is 1. The van der Waals surface area contributed by atoms with Gasteiger partial charge in [-0.2, -0.15) is 15.0 Å². The van der Waals surface area contributed by atoms with E-state index in [0.717, 1.165) is 22.4 Å². The number of nitrogens with zero attached hydrogens (tertiary/aromatic N) is 6. The lowest BCUT2D eigenvalue weighted by atomic mass is 10.1. The molecule has 4 aromatic rings. The average Bonchev–Trinajstić information content (AvgIpc) is 3.11. The molecule has 0 aliphatic carbocycles. The summed E-state index contributed by atoms with van der Waals surface area (Å²) in [6.45, 7) is 6.61. The molecule has 33 heavy (non-hydrogen) atoms. The summed E-state index contributed by atoms with van der Waals surface area (Å²) in [5.74, 6) is 1.64. The summed E-state index contributed by atoms with van der Waals surface area (Å²) in [4.78, 5) is 35.2. The van der Waals surface area contributed by atoms with Gasteiger partial charge in [-0.3, -0.25) is 9.36 Å². The van der Waals surface area contributed by atoms with E-state index >= 15 is 0 Å². The van der Waals surface area contributed by atoms with Crippen LogP contribution in [0.3, 0.4) is 0 Å². The van der Waals surface area contributed by atoms with Gasteiger partial charge in [0.2, 0.25) is 11.9 Å². The number of hydrogen-bond acceptors (Lipinski definition) is 9. The molecule has 4 rings (SSSR count). The molecule has 0 aliphatic rings. The number of rotatable bonds is 7. The Morgan fingerprint density at radius 3 is 2.48 bits per heavy atom. The molecule has 0 saturated carbocycles. The molecule has 0 unspecified atom stereocenters. The van der Waals surface area contributed by atoms with Crippen molar-refractivity contribution in [2.24, 2.45) is 0 Å². The van der Waals surface area contributed by atoms with Crippen LogP contribution in [-0.4, -0.2) is 38.6 Å². The highest BCUT2D eigenvalue weighted by Gasteiger charge is 2.19. The summed E-state index contributed by atoms with van der Waals surface area (Å²) in [6.07, 6.45) is 0.879. The monoisotopic (exact) mass is 481 g/mol. The van der Waals surface area contributed by atoms with E-state index in [0.29, 0.717) is 34.6 Å². The molecule has 0 radical (unpaired) electrons. The molecule has 3 heterocycles. The maximum Gasteiger partial charge on any atom is 0.263 e. The Morgan fingerprint density at radius 2 is 1.82 bits per heavy atom. The minimum absolute atomic E-state index is 0.0133. The SMILES string of the molecule is CCc1sc2nc(SCc3nc(N)nc(N(C)C)n3)n(Cc3ccc(C)cc3)c(=O)c2c1C. The van der Waals surface area contributed by atoms with Crippen molar-refractivity contribution in [3.63, 3.8) is 0 Å². The predicted molar refractivity (Wildman–Crippen MR) is 136 cm³/mol. The van der Waals surface area contributed by atoms with Gasteiger partial charge in [0.05, 0.1) is 17.7 Å². The first-order chi connectivity index (χ1) is 15.8. The molecular formula is C23H27N7OS2. The Morgan fingerprint density at radius 1 is 1.09 bits per heavy atom. The van der Waals surface area contributed by atoms with Crippen LogP contribution in [0.5, 0.6) is 0 Å². The number of fused-ring (bicyclic) bond motifs is 1. The van der Waals surface area contributed by atoms with Crippen molar-refractivity contribution in [2.45, 2.75) is 44.6 Å². The molecule has 0 spiro atoms. The second-order valence-electron chi connectivity index (χ2n) is 8.05. The standard InChI is InChI=1S/C23H27N7OS2/c1-6-16-14(3)18-19(33-16)27-23(30(20(18)31)11-15-9-7-13(2)8-10-15)32-12-17-25-21(24)28-22(26-17)29(4)5/h7-10H,6,11-12H2,1-5H3,(H2,24,25,26,28). The van der Waals surface area contributed by atoms with Gasteiger partial charge in [-0.25, -0.2) is 4.98 Å². The molecule has 0 amide bonds. The van der Waals surface area contributed by atoms with Crippen LogP contribution in [0.1, 0.15) is 34.3 Å². The molecule has 0 aliphatic heterocycles. The van der Waals surface area contributed by atoms with E-state index in [-0.39, 0.29) is 11.5 Å². The Labute approximate surface area is 200 Å². The molecule has 0 bridgehead atoms. The number of benzene rings is 1. The van der Waals surface area contributed by atoms with Gasteiger partial charge in [0.25, 0.3) is 5.56 Å². The first-order valence-corrected chi connectivity index (χ1v) is 12.5. The minimum atomic E-state index is -0.0133. The number of nitrogen functional groups attached to an aromatic ring is 1. The van der Waals surface area contributed by atoms with E-state index in [1.807, 2.05) is 40.1 Å². The summed E-state index contributed by atoms with van der Waals surface area (Å²) in [6, 6.07) is 8.21. The van der Waals surface area contributed by atoms with Crippen LogP contribution in [0, 0.1) is 13.8 Å². The molecule has 0 fully saturated rings. The topological polar surface area (TPSA) is 103 Å². The second-order valence-corrected chi connectivity index (χ2v) is 10.1. The molecule has 3 aromatic heterocycles. The minimum Gasteiger partial charge on any atom is -0.368 e. The van der Waals surface area contributed by atoms with Crippen molar-refractivity contribution in [3.05, 3.63) is 62.0 Å². The maximum absolute atomic E-state index is 13.6. The predicted octanol–water partition coefficient (Wildman–Crippen LogP) is 3.81. The maximum atomic E-state index is 13.6. The van der Waals surface area contributed by atoms with E-state index < -0.39 is 0 Å². The smallest absolute Gasteiger partial charge is 0.263 e. The van der Waals surface area contributed by atoms with Crippen molar-refractivity contribution < 1.29 is 0 Å². The highest BCUT2D eigenvalue weighted by Crippen LogP contribution is 2.30. The van der Waals surface area contributed by atoms with Gasteiger partial charge in [0, 0.05) is 19.0 Å². The summed E-state index contributed by atoms with van der Waals surface area (Å²) in [5, 5.41) is 1.36. The molecule has 10 heteroatoms. The zero-order valence-corrected chi connectivity index (χ0v) is 21.0. The first kappa shape index (κ1) is 23.2. The van der Waals surface area contributed by atoms with Crippen LogP contribution >= 0.6 is 23.1 Å². The lowest BCUT2D eigenvalue weighted by Gasteiger charge is -2.13. The molecule has 8 nitrogen and oxygen atoms in total. The van der Waals surface area contributed by atoms with Crippen molar-refractivity contribution in [1.82, 2.24) is 24.5 Å². The van der Waals surface area contributed by atoms with E-state index in [2.05, 4.69) is 34.0 Å². The van der Waals surface area contributed by atoms with Crippen molar-refractivity contribution in [2.75, 3.05) is 24.7 Å². The zero-order chi connectivity index (χ0) is 23.7. The van der Waals surface area contributed by atoms with Crippen LogP contribution in [0.25, 0.3) is 10.2 Å². The number of nitrogens with two attached hydrogens (primary N) is 1. The van der Waals surface area contributed by atoms with Gasteiger partial charge in [-0.05, 0) is 31.4 Å². The van der Waals surface area contributed by atoms with Crippen molar-refractivity contribution >= 4 is 45.2 Å². The molecular weight excluding hydrogens is 454 g/mol. The molecule has 2 N–H and O–H groups in total. The average molecular weight is 482 g/mol. The fourth-order valence-electron chi connectivity index (χ4n) is 3.53. The third-order valence-corrected chi connectivity index (χ3v) is 7.62. The summed E-state index contributed by atoms with van der Waals surface area (Å²) in [5.41, 5.74) is 9.13. The van der Waals surface area contributed by atoms with Gasteiger partial charge in [0.1, 0.15) is 10.7 Å². The normalized spacial score (nSPS) is 11.3. The highest BCUT2D eigenvalue weighted by atomic mass is 32.2. The largest absolute Gasteiger partial charge is 0.368 e. The lowest BCUT2D eigenvalue weighted by Crippen LogP contribution is -2.24. The highest BCUT2D eigenvalue weighted by molar-refractivity contribution is 7.98. The Bertz CT molecular complexity index is 1360. The van der Waals surface area contributed by atoms with E-state index in [1.165, 1.54) is 22.2 Å². The van der Waals surface area contributed by atoms with Gasteiger partial charge < -0.3 is 10.6 Å². The Balaban J connectivity index is 1.77. The number of thiophene rings is 1. The number of aromatic nitrogens is 5. The quantitative estimate of drug-likeness (QED) is 0.314. The molecule has 1 aromatic carbocycles. The summed E-state index contributed by atoms with van der Waals surface area (Å²) < 4.78 is 1.76. The number of thioether (sulfide) groups is 1. The van der Waals surface area contributed by atoms with Crippen LogP contribution in [0.2, 0.25) is 0 Å². The lowest BCUT2D eigenvalue weighted by molar-refractivity contribution is 0.658. The third-order valence-electron chi connectivity index (χ3n) is 5.31. The Hall–Kier alpha value is -2.98. The van der Waals surface area contributed by atoms with Gasteiger partial charge >= 0.3 is 0 Å². The van der Waals surface area contributed by atoms with Gasteiger partial charge in [-0.1, -0.05) is 48.5 Å². The van der Waals surface area contributed by atoms with Crippen LogP contribution < -0.4 is 16.2 Å². The fraction of sp³-hybridized carbons (Fsp3) is 0.348. The van der Waals surface area contributed by atoms with Crippen molar-refractivity contribution in [3.8, 4) is 0 Å². The van der Waals surface area contributed by atoms with Crippen LogP contribution in [-0.2, 0) is 18.7 Å². The Kier molecular flexibility index (Phi) is 6.66. The summed E-state index contributed by atoms with van der Waals surface area (Å²) in [7, 11) is 3.70. The third kappa shape index (κ3) is 4.86. The number of aryl methyl sites for hydroxylation is 3. The summed E-state index contributed by atoms with van der Waals surface area (Å²) >= 11 is 3.03. The van der Waals surface area contributed by atoms with E-state index in [9.17, 15) is 4.79 Å². The molecule has 0 atom stereocenters. The number of anilines is 2. The fourth-order valence-corrected chi connectivity index (χ4v) is 5.54. The van der Waals surface area contributed by atoms with E-state index in [1.54, 1.807) is 20.8 Å². The second kappa shape index (κ2) is 9.48. The van der Waals surface area contributed by atoms with Crippen LogP contribution in [0.4, 0.5) is 11.9 Å². The molecule has 172 valence electrons. The van der Waals surface area contributed by atoms with Gasteiger partial charge in [0.15, 0.2) is 5.16 Å². The molecule has 0 saturated heterocycles.